The maximum atomic E-state index is 4.33. The topological polar surface area (TPSA) is 0 Å². The third kappa shape index (κ3) is 4.98. The summed E-state index contributed by atoms with van der Waals surface area (Å²) in [5, 5.41) is 0. The highest BCUT2D eigenvalue weighted by atomic mass is 14.8. The van der Waals surface area contributed by atoms with Crippen molar-refractivity contribution in [1.29, 1.82) is 0 Å². The Bertz CT molecular complexity index is 2070. The highest BCUT2D eigenvalue weighted by Crippen LogP contribution is 2.90. The van der Waals surface area contributed by atoms with Gasteiger partial charge in [0.05, 0.1) is 0 Å². The lowest BCUT2D eigenvalue weighted by atomic mass is 9.21. The van der Waals surface area contributed by atoms with E-state index in [9.17, 15) is 0 Å². The molecule has 4 atom stereocenters. The van der Waals surface area contributed by atoms with E-state index in [0.717, 1.165) is 0 Å². The Morgan fingerprint density at radius 2 is 0.533 bits per heavy atom. The second-order valence-electron chi connectivity index (χ2n) is 27.1. The molecule has 0 nitrogen and oxygen atoms in total. The molecule has 12 fully saturated rings. The summed E-state index contributed by atoms with van der Waals surface area (Å²) in [5.74, 6) is 0. The van der Waals surface area contributed by atoms with Crippen LogP contribution in [0.2, 0.25) is 0 Å². The Kier molecular flexibility index (Phi) is 7.62. The lowest BCUT2D eigenvalue weighted by Gasteiger charge is -2.83. The quantitative estimate of drug-likeness (QED) is 0.225. The average Bonchev–Trinajstić information content (AvgIpc) is 3.12. The molecule has 14 rings (SSSR count). The van der Waals surface area contributed by atoms with E-state index in [0.29, 0.717) is 54.1 Å². The Balaban J connectivity index is 1.08. The fourth-order valence-corrected chi connectivity index (χ4v) is 23.1. The SMILES string of the molecule is C=Cc1cc(C23CC4(C)CC(C)(C2)CC(C25CC6(C)CC(C)(C2)CC(C27CC8(C)CC(C)(CC(c9cc(C=C)c(C=C)c(C=C)c9)(C8)C2)C7)(C6)C5)(C4)C3)cc(C=C)c1C=C. The molecule has 0 heteroatoms. The molecule has 0 N–H and O–H groups in total. The molecule has 316 valence electrons. The molecule has 0 heterocycles. The van der Waals surface area contributed by atoms with Gasteiger partial charge < -0.3 is 0 Å². The van der Waals surface area contributed by atoms with E-state index < -0.39 is 0 Å². The molecular formula is C60H76. The van der Waals surface area contributed by atoms with Gasteiger partial charge in [-0.2, -0.15) is 0 Å². The molecule has 2 aromatic carbocycles. The lowest BCUT2D eigenvalue weighted by molar-refractivity contribution is -0.328. The van der Waals surface area contributed by atoms with Crippen molar-refractivity contribution in [2.45, 2.75) is 168 Å². The largest absolute Gasteiger partial charge is 0.0984 e. The first-order valence-electron chi connectivity index (χ1n) is 24.2. The maximum Gasteiger partial charge on any atom is -0.00307 e. The van der Waals surface area contributed by atoms with Crippen molar-refractivity contribution >= 4 is 36.5 Å². The van der Waals surface area contributed by atoms with Crippen molar-refractivity contribution in [1.82, 2.24) is 0 Å². The molecule has 0 aromatic heterocycles. The van der Waals surface area contributed by atoms with Gasteiger partial charge in [0.15, 0.2) is 0 Å². The van der Waals surface area contributed by atoms with E-state index in [1.165, 1.54) is 149 Å². The molecule has 0 radical (unpaired) electrons. The highest BCUT2D eigenvalue weighted by molar-refractivity contribution is 5.75. The van der Waals surface area contributed by atoms with Crippen molar-refractivity contribution in [3.8, 4) is 0 Å². The van der Waals surface area contributed by atoms with E-state index in [2.05, 4.69) is 130 Å². The normalized spacial score (nSPS) is 49.8. The summed E-state index contributed by atoms with van der Waals surface area (Å²) in [7, 11) is 0. The van der Waals surface area contributed by atoms with Gasteiger partial charge in [-0.1, -0.05) is 142 Å². The molecule has 12 saturated carbocycles. The van der Waals surface area contributed by atoms with Crippen LogP contribution in [0.25, 0.3) is 36.5 Å². The van der Waals surface area contributed by atoms with Gasteiger partial charge in [0.25, 0.3) is 0 Å². The third-order valence-corrected chi connectivity index (χ3v) is 21.0. The zero-order chi connectivity index (χ0) is 42.4. The van der Waals surface area contributed by atoms with Crippen LogP contribution in [-0.2, 0) is 10.8 Å². The van der Waals surface area contributed by atoms with Crippen LogP contribution in [-0.4, -0.2) is 0 Å². The molecule has 2 aromatic rings. The minimum Gasteiger partial charge on any atom is -0.0984 e. The zero-order valence-corrected chi connectivity index (χ0v) is 38.7. The Morgan fingerprint density at radius 3 is 0.767 bits per heavy atom. The Hall–Kier alpha value is -3.12. The van der Waals surface area contributed by atoms with E-state index in [1.807, 2.05) is 12.2 Å². The summed E-state index contributed by atoms with van der Waals surface area (Å²) in [4.78, 5) is 0. The van der Waals surface area contributed by atoms with Crippen LogP contribution in [0, 0.1) is 54.1 Å². The van der Waals surface area contributed by atoms with Crippen LogP contribution in [0.4, 0.5) is 0 Å². The van der Waals surface area contributed by atoms with E-state index >= 15 is 0 Å². The second kappa shape index (κ2) is 11.5. The predicted octanol–water partition coefficient (Wildman–Crippen LogP) is 16.8. The summed E-state index contributed by atoms with van der Waals surface area (Å²) in [6.07, 6.45) is 37.9. The summed E-state index contributed by atoms with van der Waals surface area (Å²) in [5.41, 5.74) is 14.7. The number of hydrogen-bond donors (Lipinski definition) is 0. The highest BCUT2D eigenvalue weighted by Gasteiger charge is 2.80. The monoisotopic (exact) mass is 797 g/mol. The second-order valence-corrected chi connectivity index (χ2v) is 27.1. The maximum absolute atomic E-state index is 4.33. The van der Waals surface area contributed by atoms with Gasteiger partial charge >= 0.3 is 0 Å². The Morgan fingerprint density at radius 1 is 0.300 bits per heavy atom. The standard InChI is InChI=1S/C60H76/c1-13-41-19-45(20-42(14-2)47(41)17-5)55-26-49(7)23-50(8,27-55)31-57(30-49,38-55)59-34-53(11)25-54(12,35-59)37-60(36-53,40-59)58-32-51(9)24-52(10,33-58)29-56(28-51,39-58)46-21-43(15-3)48(18-6)44(16-4)22-46/h13-22H,1-6,23-40H2,7-12H3. The van der Waals surface area contributed by atoms with Crippen molar-refractivity contribution in [3.05, 3.63) is 108 Å². The van der Waals surface area contributed by atoms with Crippen LogP contribution in [0.5, 0.6) is 0 Å². The number of hydrogen-bond acceptors (Lipinski definition) is 0. The molecule has 0 amide bonds. The van der Waals surface area contributed by atoms with E-state index in [1.54, 1.807) is 11.1 Å². The lowest BCUT2D eigenvalue weighted by Crippen LogP contribution is -2.75. The first-order valence-corrected chi connectivity index (χ1v) is 24.2. The smallest absolute Gasteiger partial charge is 0.00307 e. The van der Waals surface area contributed by atoms with Crippen LogP contribution in [0.1, 0.15) is 202 Å². The summed E-state index contributed by atoms with van der Waals surface area (Å²) in [6.45, 7) is 42.5. The van der Waals surface area contributed by atoms with Gasteiger partial charge in [0.1, 0.15) is 0 Å². The fourth-order valence-electron chi connectivity index (χ4n) is 23.1. The molecule has 0 aliphatic heterocycles. The number of benzene rings is 2. The molecule has 12 bridgehead atoms. The first-order chi connectivity index (χ1) is 28.1. The van der Waals surface area contributed by atoms with Crippen LogP contribution in [0.3, 0.4) is 0 Å². The van der Waals surface area contributed by atoms with Crippen LogP contribution in [0.15, 0.2) is 63.7 Å². The summed E-state index contributed by atoms with van der Waals surface area (Å²) >= 11 is 0. The van der Waals surface area contributed by atoms with Crippen molar-refractivity contribution < 1.29 is 0 Å². The zero-order valence-electron chi connectivity index (χ0n) is 38.7. The van der Waals surface area contributed by atoms with Crippen molar-refractivity contribution in [3.63, 3.8) is 0 Å². The molecule has 0 spiro atoms. The van der Waals surface area contributed by atoms with Crippen LogP contribution >= 0.6 is 0 Å². The molecule has 60 heavy (non-hydrogen) atoms. The van der Waals surface area contributed by atoms with Gasteiger partial charge in [-0.25, -0.2) is 0 Å². The summed E-state index contributed by atoms with van der Waals surface area (Å²) < 4.78 is 0. The van der Waals surface area contributed by atoms with Gasteiger partial charge in [-0.3, -0.25) is 0 Å². The molecule has 4 unspecified atom stereocenters. The molecule has 12 aliphatic carbocycles. The summed E-state index contributed by atoms with van der Waals surface area (Å²) in [6, 6.07) is 10.2. The van der Waals surface area contributed by atoms with Gasteiger partial charge in [-0.15, -0.1) is 0 Å². The van der Waals surface area contributed by atoms with Gasteiger partial charge in [0, 0.05) is 0 Å². The average molecular weight is 797 g/mol. The van der Waals surface area contributed by atoms with Crippen molar-refractivity contribution in [2.75, 3.05) is 0 Å². The van der Waals surface area contributed by atoms with Crippen molar-refractivity contribution in [2.24, 2.45) is 54.1 Å². The Labute approximate surface area is 365 Å². The van der Waals surface area contributed by atoms with Gasteiger partial charge in [0.2, 0.25) is 0 Å². The minimum atomic E-state index is 0.195. The fraction of sp³-hybridized carbons (Fsp3) is 0.600. The minimum absolute atomic E-state index is 0.195. The predicted molar refractivity (Wildman–Crippen MR) is 258 cm³/mol. The number of rotatable bonds is 10. The molecule has 0 saturated heterocycles. The van der Waals surface area contributed by atoms with E-state index in [4.69, 9.17) is 0 Å². The van der Waals surface area contributed by atoms with Gasteiger partial charge in [-0.05, 0) is 225 Å². The van der Waals surface area contributed by atoms with E-state index in [-0.39, 0.29) is 10.8 Å². The first kappa shape index (κ1) is 39.7. The van der Waals surface area contributed by atoms with Crippen LogP contribution < -0.4 is 0 Å². The molecule has 12 aliphatic rings. The third-order valence-electron chi connectivity index (χ3n) is 21.0. The molecular weight excluding hydrogens is 721 g/mol.